The summed E-state index contributed by atoms with van der Waals surface area (Å²) in [4.78, 5) is 16.2. The number of likely N-dealkylation sites (N-methyl/N-ethyl adjacent to an activating group) is 1. The normalized spacial score (nSPS) is 14.9. The summed E-state index contributed by atoms with van der Waals surface area (Å²) in [6.45, 7) is 3.63. The van der Waals surface area contributed by atoms with Gasteiger partial charge in [-0.05, 0) is 49.0 Å². The zero-order chi connectivity index (χ0) is 20.9. The van der Waals surface area contributed by atoms with Gasteiger partial charge in [-0.2, -0.15) is 13.2 Å². The second kappa shape index (κ2) is 9.28. The van der Waals surface area contributed by atoms with Gasteiger partial charge in [-0.25, -0.2) is 0 Å². The minimum Gasteiger partial charge on any atom is -0.378 e. The van der Waals surface area contributed by atoms with Crippen molar-refractivity contribution in [3.63, 3.8) is 0 Å². The summed E-state index contributed by atoms with van der Waals surface area (Å²) in [7, 11) is 1.75. The molecule has 1 aliphatic rings. The van der Waals surface area contributed by atoms with Crippen molar-refractivity contribution >= 4 is 17.3 Å². The van der Waals surface area contributed by atoms with Gasteiger partial charge < -0.3 is 15.0 Å². The van der Waals surface area contributed by atoms with E-state index in [4.69, 9.17) is 4.74 Å². The fourth-order valence-electron chi connectivity index (χ4n) is 3.19. The van der Waals surface area contributed by atoms with E-state index in [1.165, 1.54) is 12.1 Å². The van der Waals surface area contributed by atoms with Crippen molar-refractivity contribution in [1.29, 1.82) is 0 Å². The third kappa shape index (κ3) is 6.20. The number of halogens is 3. The third-order valence-corrected chi connectivity index (χ3v) is 4.67. The molecular formula is C21H24F3N3O2. The van der Waals surface area contributed by atoms with Crippen molar-refractivity contribution in [3.05, 3.63) is 59.7 Å². The molecule has 1 saturated heterocycles. The second-order valence-corrected chi connectivity index (χ2v) is 7.06. The molecule has 0 saturated carbocycles. The molecule has 1 amide bonds. The summed E-state index contributed by atoms with van der Waals surface area (Å²) in [5.74, 6) is -0.182. The largest absolute Gasteiger partial charge is 0.416 e. The molecule has 0 atom stereocenters. The van der Waals surface area contributed by atoms with E-state index in [-0.39, 0.29) is 12.5 Å². The lowest BCUT2D eigenvalue weighted by Gasteiger charge is -2.28. The van der Waals surface area contributed by atoms with Crippen LogP contribution in [-0.4, -0.2) is 50.7 Å². The Bertz CT molecular complexity index is 801. The predicted molar refractivity (Wildman–Crippen MR) is 106 cm³/mol. The summed E-state index contributed by atoms with van der Waals surface area (Å²) in [5, 5.41) is 2.85. The topological polar surface area (TPSA) is 44.8 Å². The molecule has 0 aliphatic carbocycles. The smallest absolute Gasteiger partial charge is 0.378 e. The maximum absolute atomic E-state index is 12.6. The average molecular weight is 407 g/mol. The van der Waals surface area contributed by atoms with Crippen LogP contribution in [0.1, 0.15) is 11.1 Å². The van der Waals surface area contributed by atoms with Gasteiger partial charge in [-0.15, -0.1) is 0 Å². The molecule has 1 heterocycles. The van der Waals surface area contributed by atoms with Gasteiger partial charge in [0.1, 0.15) is 0 Å². The van der Waals surface area contributed by atoms with E-state index in [9.17, 15) is 18.0 Å². The standard InChI is InChI=1S/C21H24F3N3O2/c1-26(14-16-2-4-17(5-3-16)21(22,23)24)15-20(28)25-18-6-8-19(9-7-18)27-10-12-29-13-11-27/h2-9H,10-15H2,1H3,(H,25,28). The van der Waals surface area contributed by atoms with E-state index in [0.717, 1.165) is 30.9 Å². The van der Waals surface area contributed by atoms with Crippen LogP contribution < -0.4 is 10.2 Å². The van der Waals surface area contributed by atoms with E-state index >= 15 is 0 Å². The molecule has 0 spiro atoms. The van der Waals surface area contributed by atoms with Crippen LogP contribution >= 0.6 is 0 Å². The van der Waals surface area contributed by atoms with Crippen LogP contribution in [0.4, 0.5) is 24.5 Å². The molecule has 2 aromatic rings. The first kappa shape index (κ1) is 21.1. The number of ether oxygens (including phenoxy) is 1. The zero-order valence-electron chi connectivity index (χ0n) is 16.2. The fraction of sp³-hybridized carbons (Fsp3) is 0.381. The van der Waals surface area contributed by atoms with Gasteiger partial charge in [0.15, 0.2) is 0 Å². The lowest BCUT2D eigenvalue weighted by atomic mass is 10.1. The second-order valence-electron chi connectivity index (χ2n) is 7.06. The third-order valence-electron chi connectivity index (χ3n) is 4.67. The van der Waals surface area contributed by atoms with Gasteiger partial charge >= 0.3 is 6.18 Å². The molecule has 0 bridgehead atoms. The van der Waals surface area contributed by atoms with E-state index in [2.05, 4.69) is 10.2 Å². The maximum Gasteiger partial charge on any atom is 0.416 e. The summed E-state index contributed by atoms with van der Waals surface area (Å²) >= 11 is 0. The number of morpholine rings is 1. The average Bonchev–Trinajstić information content (AvgIpc) is 2.69. The molecule has 29 heavy (non-hydrogen) atoms. The Labute approximate surface area is 168 Å². The summed E-state index contributed by atoms with van der Waals surface area (Å²) in [5.41, 5.74) is 1.82. The lowest BCUT2D eigenvalue weighted by Crippen LogP contribution is -2.36. The van der Waals surface area contributed by atoms with Crippen LogP contribution in [0.5, 0.6) is 0 Å². The van der Waals surface area contributed by atoms with Crippen LogP contribution in [0.15, 0.2) is 48.5 Å². The van der Waals surface area contributed by atoms with E-state index in [1.54, 1.807) is 11.9 Å². The van der Waals surface area contributed by atoms with Crippen molar-refractivity contribution < 1.29 is 22.7 Å². The SMILES string of the molecule is CN(CC(=O)Nc1ccc(N2CCOCC2)cc1)Cc1ccc(C(F)(F)F)cc1. The number of anilines is 2. The minimum absolute atomic E-state index is 0.131. The molecular weight excluding hydrogens is 383 g/mol. The van der Waals surface area contributed by atoms with Gasteiger partial charge in [-0.1, -0.05) is 12.1 Å². The van der Waals surface area contributed by atoms with Crippen LogP contribution in [0.2, 0.25) is 0 Å². The first-order valence-corrected chi connectivity index (χ1v) is 9.38. The highest BCUT2D eigenvalue weighted by molar-refractivity contribution is 5.92. The van der Waals surface area contributed by atoms with Crippen molar-refractivity contribution in [3.8, 4) is 0 Å². The van der Waals surface area contributed by atoms with Gasteiger partial charge in [0, 0.05) is 31.0 Å². The highest BCUT2D eigenvalue weighted by Gasteiger charge is 2.29. The zero-order valence-corrected chi connectivity index (χ0v) is 16.2. The first-order chi connectivity index (χ1) is 13.8. The monoisotopic (exact) mass is 407 g/mol. The number of carbonyl (C=O) groups is 1. The van der Waals surface area contributed by atoms with Gasteiger partial charge in [0.05, 0.1) is 25.3 Å². The molecule has 3 rings (SSSR count). The predicted octanol–water partition coefficient (Wildman–Crippen LogP) is 3.61. The molecule has 156 valence electrons. The lowest BCUT2D eigenvalue weighted by molar-refractivity contribution is -0.137. The quantitative estimate of drug-likeness (QED) is 0.795. The summed E-state index contributed by atoms with van der Waals surface area (Å²) in [6, 6.07) is 12.6. The van der Waals surface area contributed by atoms with E-state index < -0.39 is 11.7 Å². The molecule has 1 fully saturated rings. The summed E-state index contributed by atoms with van der Waals surface area (Å²) < 4.78 is 43.2. The van der Waals surface area contributed by atoms with Gasteiger partial charge in [-0.3, -0.25) is 9.69 Å². The van der Waals surface area contributed by atoms with Crippen molar-refractivity contribution in [2.45, 2.75) is 12.7 Å². The molecule has 8 heteroatoms. The summed E-state index contributed by atoms with van der Waals surface area (Å²) in [6.07, 6.45) is -4.35. The van der Waals surface area contributed by atoms with E-state index in [0.29, 0.717) is 31.0 Å². The van der Waals surface area contributed by atoms with Crippen LogP contribution in [0.25, 0.3) is 0 Å². The highest BCUT2D eigenvalue weighted by atomic mass is 19.4. The number of hydrogen-bond donors (Lipinski definition) is 1. The first-order valence-electron chi connectivity index (χ1n) is 9.38. The van der Waals surface area contributed by atoms with Gasteiger partial charge in [0.2, 0.25) is 5.91 Å². The number of hydrogen-bond acceptors (Lipinski definition) is 4. The molecule has 0 radical (unpaired) electrons. The van der Waals surface area contributed by atoms with Gasteiger partial charge in [0.25, 0.3) is 0 Å². The number of alkyl halides is 3. The molecule has 1 N–H and O–H groups in total. The Morgan fingerprint density at radius 2 is 1.69 bits per heavy atom. The van der Waals surface area contributed by atoms with Crippen LogP contribution in [-0.2, 0) is 22.3 Å². The van der Waals surface area contributed by atoms with Crippen molar-refractivity contribution in [2.24, 2.45) is 0 Å². The fourth-order valence-corrected chi connectivity index (χ4v) is 3.19. The molecule has 1 aliphatic heterocycles. The van der Waals surface area contributed by atoms with Crippen LogP contribution in [0.3, 0.4) is 0 Å². The number of benzene rings is 2. The Morgan fingerprint density at radius 1 is 1.07 bits per heavy atom. The number of amides is 1. The van der Waals surface area contributed by atoms with Crippen molar-refractivity contribution in [1.82, 2.24) is 4.90 Å². The maximum atomic E-state index is 12.6. The highest BCUT2D eigenvalue weighted by Crippen LogP contribution is 2.29. The number of nitrogens with zero attached hydrogens (tertiary/aromatic N) is 2. The Morgan fingerprint density at radius 3 is 2.28 bits per heavy atom. The number of nitrogens with one attached hydrogen (secondary N) is 1. The molecule has 5 nitrogen and oxygen atoms in total. The van der Waals surface area contributed by atoms with E-state index in [1.807, 2.05) is 24.3 Å². The Balaban J connectivity index is 1.48. The number of rotatable bonds is 6. The van der Waals surface area contributed by atoms with Crippen LogP contribution in [0, 0.1) is 0 Å². The molecule has 0 aromatic heterocycles. The molecule has 0 unspecified atom stereocenters. The Hall–Kier alpha value is -2.58. The molecule has 2 aromatic carbocycles. The number of carbonyl (C=O) groups excluding carboxylic acids is 1. The van der Waals surface area contributed by atoms with Crippen molar-refractivity contribution in [2.75, 3.05) is 50.1 Å². The Kier molecular flexibility index (Phi) is 6.76. The minimum atomic E-state index is -4.35.